The third-order valence-corrected chi connectivity index (χ3v) is 7.47. The first-order chi connectivity index (χ1) is 21.0. The molecule has 10 nitrogen and oxygen atoms in total. The third kappa shape index (κ3) is 9.04. The van der Waals surface area contributed by atoms with Crippen molar-refractivity contribution in [3.05, 3.63) is 95.5 Å². The lowest BCUT2D eigenvalue weighted by molar-refractivity contribution is 0.0365. The summed E-state index contributed by atoms with van der Waals surface area (Å²) in [5, 5.41) is 2.84. The van der Waals surface area contributed by atoms with E-state index in [1.807, 2.05) is 24.3 Å². The van der Waals surface area contributed by atoms with E-state index >= 15 is 0 Å². The van der Waals surface area contributed by atoms with Gasteiger partial charge in [-0.05, 0) is 49.1 Å². The first-order valence-electron chi connectivity index (χ1n) is 14.8. The van der Waals surface area contributed by atoms with Crippen molar-refractivity contribution in [2.75, 3.05) is 57.1 Å². The van der Waals surface area contributed by atoms with E-state index in [2.05, 4.69) is 33.4 Å². The number of amides is 3. The first-order valence-corrected chi connectivity index (χ1v) is 14.8. The highest BCUT2D eigenvalue weighted by molar-refractivity contribution is 6.05. The van der Waals surface area contributed by atoms with Gasteiger partial charge in [0.1, 0.15) is 12.0 Å². The Morgan fingerprint density at radius 2 is 1.88 bits per heavy atom. The molecule has 0 atom stereocenters. The van der Waals surface area contributed by atoms with Gasteiger partial charge in [-0.1, -0.05) is 48.1 Å². The number of nitrogens with zero attached hydrogens (tertiary/aromatic N) is 3. The van der Waals surface area contributed by atoms with Gasteiger partial charge in [0.2, 0.25) is 5.90 Å². The van der Waals surface area contributed by atoms with Crippen molar-refractivity contribution in [3.8, 4) is 0 Å². The lowest BCUT2D eigenvalue weighted by Crippen LogP contribution is -2.38. The van der Waals surface area contributed by atoms with Gasteiger partial charge in [0.15, 0.2) is 6.61 Å². The molecule has 0 unspecified atom stereocenters. The van der Waals surface area contributed by atoms with Crippen LogP contribution in [0.1, 0.15) is 41.6 Å². The predicted octanol–water partition coefficient (Wildman–Crippen LogP) is 5.12. The molecule has 2 aliphatic heterocycles. The molecule has 0 saturated carbocycles. The molecule has 1 saturated heterocycles. The Bertz CT molecular complexity index is 1390. The Kier molecular flexibility index (Phi) is 10.6. The lowest BCUT2D eigenvalue weighted by Gasteiger charge is -2.28. The van der Waals surface area contributed by atoms with Gasteiger partial charge >= 0.3 is 6.03 Å². The molecule has 3 N–H and O–H groups in total. The van der Waals surface area contributed by atoms with Crippen LogP contribution in [0.2, 0.25) is 0 Å². The number of hydrogen-bond donors (Lipinski definition) is 2. The molecule has 2 heterocycles. The summed E-state index contributed by atoms with van der Waals surface area (Å²) in [5.74, 6) is 0.636. The number of rotatable bonds is 10. The number of carbonyl (C=O) groups excluding carboxylic acids is 2. The Hall–Kier alpha value is -4.41. The lowest BCUT2D eigenvalue weighted by atomic mass is 10.0. The fourth-order valence-corrected chi connectivity index (χ4v) is 5.08. The number of carbonyl (C=O) groups is 2. The van der Waals surface area contributed by atoms with Crippen LogP contribution in [-0.4, -0.2) is 73.6 Å². The Morgan fingerprint density at radius 1 is 1.07 bits per heavy atom. The van der Waals surface area contributed by atoms with Crippen molar-refractivity contribution in [1.29, 1.82) is 0 Å². The van der Waals surface area contributed by atoms with Gasteiger partial charge in [0.25, 0.3) is 5.91 Å². The molecule has 5 rings (SSSR count). The van der Waals surface area contributed by atoms with Crippen LogP contribution in [0.25, 0.3) is 0 Å². The molecule has 1 aliphatic carbocycles. The van der Waals surface area contributed by atoms with Crippen molar-refractivity contribution >= 4 is 29.2 Å². The molecule has 3 amide bonds. The predicted molar refractivity (Wildman–Crippen MR) is 167 cm³/mol. The number of nitrogen functional groups attached to an aromatic ring is 1. The first kappa shape index (κ1) is 30.1. The van der Waals surface area contributed by atoms with E-state index in [1.54, 1.807) is 35.4 Å². The number of ether oxygens (including phenoxy) is 3. The molecule has 226 valence electrons. The van der Waals surface area contributed by atoms with Gasteiger partial charge in [-0.25, -0.2) is 4.79 Å². The molecule has 1 fully saturated rings. The van der Waals surface area contributed by atoms with Crippen molar-refractivity contribution < 1.29 is 23.8 Å². The Morgan fingerprint density at radius 3 is 2.65 bits per heavy atom. The van der Waals surface area contributed by atoms with E-state index < -0.39 is 0 Å². The quantitative estimate of drug-likeness (QED) is 0.372. The molecule has 0 aromatic heterocycles. The maximum absolute atomic E-state index is 13.5. The fraction of sp³-hybridized carbons (Fsp3) is 0.364. The van der Waals surface area contributed by atoms with E-state index in [0.29, 0.717) is 42.2 Å². The number of aliphatic imine (C=N–C) groups is 1. The number of morpholine rings is 1. The second-order valence-electron chi connectivity index (χ2n) is 10.7. The summed E-state index contributed by atoms with van der Waals surface area (Å²) < 4.78 is 17.0. The SMILES string of the molecule is Nc1ccccc1NC(=O)c1ccc(CN(CCCN2CCOCC2)C(=O)N=C2COC=C(CC3=CC=CCC3)O2)cc1. The Labute approximate surface area is 252 Å². The molecule has 0 bridgehead atoms. The van der Waals surface area contributed by atoms with Crippen molar-refractivity contribution in [2.45, 2.75) is 32.2 Å². The number of nitrogens with two attached hydrogens (primary N) is 1. The zero-order valence-corrected chi connectivity index (χ0v) is 24.4. The highest BCUT2D eigenvalue weighted by atomic mass is 16.6. The molecule has 0 radical (unpaired) electrons. The minimum absolute atomic E-state index is 0.103. The van der Waals surface area contributed by atoms with E-state index in [1.165, 1.54) is 5.57 Å². The molecule has 43 heavy (non-hydrogen) atoms. The van der Waals surface area contributed by atoms with Crippen LogP contribution < -0.4 is 11.1 Å². The van der Waals surface area contributed by atoms with Crippen LogP contribution in [-0.2, 0) is 20.8 Å². The van der Waals surface area contributed by atoms with Gasteiger partial charge in [-0.2, -0.15) is 4.99 Å². The molecule has 10 heteroatoms. The van der Waals surface area contributed by atoms with E-state index in [0.717, 1.165) is 57.7 Å². The average molecular weight is 586 g/mol. The summed E-state index contributed by atoms with van der Waals surface area (Å²) in [7, 11) is 0. The van der Waals surface area contributed by atoms with Crippen LogP contribution >= 0.6 is 0 Å². The van der Waals surface area contributed by atoms with Crippen molar-refractivity contribution in [1.82, 2.24) is 9.80 Å². The van der Waals surface area contributed by atoms with Crippen LogP contribution in [0.4, 0.5) is 16.2 Å². The third-order valence-electron chi connectivity index (χ3n) is 7.47. The highest BCUT2D eigenvalue weighted by Gasteiger charge is 2.20. The fourth-order valence-electron chi connectivity index (χ4n) is 5.08. The van der Waals surface area contributed by atoms with E-state index in [-0.39, 0.29) is 24.4 Å². The normalized spacial score (nSPS) is 17.8. The number of hydrogen-bond acceptors (Lipinski definition) is 7. The second kappa shape index (κ2) is 15.2. The monoisotopic (exact) mass is 585 g/mol. The van der Waals surface area contributed by atoms with Crippen LogP contribution in [0.5, 0.6) is 0 Å². The zero-order chi connectivity index (χ0) is 29.9. The summed E-state index contributed by atoms with van der Waals surface area (Å²) in [6, 6.07) is 13.9. The standard InChI is InChI=1S/C33H39N5O5/c34-29-9-4-5-10-30(29)35-32(39)27-13-11-26(12-14-27)22-38(16-6-15-37-17-19-41-20-18-37)33(40)36-31-24-42-23-28(43-31)21-25-7-2-1-3-8-25/h1-2,4-5,7,9-14,23H,3,6,8,15-22,24,34H2,(H,35,39). The molecular weight excluding hydrogens is 546 g/mol. The average Bonchev–Trinajstić information content (AvgIpc) is 3.03. The molecule has 3 aliphatic rings. The number of benzene rings is 2. The molecule has 0 spiro atoms. The van der Waals surface area contributed by atoms with Crippen molar-refractivity contribution in [2.24, 2.45) is 4.99 Å². The summed E-state index contributed by atoms with van der Waals surface area (Å²) in [4.78, 5) is 34.6. The van der Waals surface area contributed by atoms with Crippen molar-refractivity contribution in [3.63, 3.8) is 0 Å². The smallest absolute Gasteiger partial charge is 0.346 e. The Balaban J connectivity index is 1.23. The highest BCUT2D eigenvalue weighted by Crippen LogP contribution is 2.23. The summed E-state index contributed by atoms with van der Waals surface area (Å²) in [6.07, 6.45) is 11.3. The van der Waals surface area contributed by atoms with E-state index in [4.69, 9.17) is 19.9 Å². The van der Waals surface area contributed by atoms with Crippen LogP contribution in [0.15, 0.2) is 89.3 Å². The molecule has 2 aromatic rings. The second-order valence-corrected chi connectivity index (χ2v) is 10.7. The van der Waals surface area contributed by atoms with Crippen LogP contribution in [0.3, 0.4) is 0 Å². The van der Waals surface area contributed by atoms with Gasteiger partial charge < -0.3 is 30.2 Å². The minimum Gasteiger partial charge on any atom is -0.488 e. The van der Waals surface area contributed by atoms with Gasteiger partial charge in [0, 0.05) is 44.7 Å². The summed E-state index contributed by atoms with van der Waals surface area (Å²) in [5.41, 5.74) is 9.65. The van der Waals surface area contributed by atoms with Gasteiger partial charge in [-0.15, -0.1) is 0 Å². The number of nitrogens with one attached hydrogen (secondary N) is 1. The summed E-state index contributed by atoms with van der Waals surface area (Å²) >= 11 is 0. The molecular formula is C33H39N5O5. The zero-order valence-electron chi connectivity index (χ0n) is 24.4. The van der Waals surface area contributed by atoms with Gasteiger partial charge in [-0.3, -0.25) is 9.69 Å². The summed E-state index contributed by atoms with van der Waals surface area (Å²) in [6.45, 7) is 5.07. The van der Waals surface area contributed by atoms with E-state index in [9.17, 15) is 9.59 Å². The number of anilines is 2. The maximum Gasteiger partial charge on any atom is 0.346 e. The number of urea groups is 1. The van der Waals surface area contributed by atoms with Crippen LogP contribution in [0, 0.1) is 0 Å². The minimum atomic E-state index is -0.386. The maximum atomic E-state index is 13.5. The number of allylic oxidation sites excluding steroid dienone is 4. The van der Waals surface area contributed by atoms with Gasteiger partial charge in [0.05, 0.1) is 24.6 Å². The number of para-hydroxylation sites is 2. The topological polar surface area (TPSA) is 119 Å². The largest absolute Gasteiger partial charge is 0.488 e. The molecule has 2 aromatic carbocycles.